The minimum Gasteiger partial charge on any atom is -0.303 e. The van der Waals surface area contributed by atoms with Gasteiger partial charge in [-0.15, -0.1) is 10.2 Å². The van der Waals surface area contributed by atoms with Crippen molar-refractivity contribution in [2.24, 2.45) is 7.05 Å². The molecule has 1 N–H and O–H groups in total. The lowest BCUT2D eigenvalue weighted by atomic mass is 10.2. The summed E-state index contributed by atoms with van der Waals surface area (Å²) in [6.07, 6.45) is 0. The summed E-state index contributed by atoms with van der Waals surface area (Å²) in [5.74, 6) is 1.05. The van der Waals surface area contributed by atoms with E-state index in [-0.39, 0.29) is 0 Å². The lowest BCUT2D eigenvalue weighted by molar-refractivity contribution is 0.788. The third-order valence-electron chi connectivity index (χ3n) is 4.06. The fourth-order valence-corrected chi connectivity index (χ4v) is 3.05. The predicted octanol–water partition coefficient (Wildman–Crippen LogP) is 1.41. The average molecular weight is 345 g/mol. The zero-order valence-corrected chi connectivity index (χ0v) is 13.7. The Morgan fingerprint density at radius 3 is 2.54 bits per heavy atom. The molecule has 9 heteroatoms. The monoisotopic (exact) mass is 344 g/mol. The van der Waals surface area contributed by atoms with E-state index in [2.05, 4.69) is 15.2 Å². The van der Waals surface area contributed by atoms with E-state index in [1.165, 1.54) is 4.57 Å². The van der Waals surface area contributed by atoms with Crippen molar-refractivity contribution in [3.8, 4) is 11.4 Å². The van der Waals surface area contributed by atoms with E-state index in [4.69, 9.17) is 11.6 Å². The molecule has 0 atom stereocenters. The molecule has 0 saturated carbocycles. The maximum atomic E-state index is 12.3. The van der Waals surface area contributed by atoms with Crippen molar-refractivity contribution >= 4 is 28.5 Å². The number of aromatic amines is 1. The van der Waals surface area contributed by atoms with Crippen molar-refractivity contribution < 1.29 is 0 Å². The molecule has 0 aliphatic rings. The summed E-state index contributed by atoms with van der Waals surface area (Å²) < 4.78 is 4.84. The molecule has 3 heterocycles. The first-order chi connectivity index (χ1) is 11.5. The van der Waals surface area contributed by atoms with Crippen LogP contribution in [0.3, 0.4) is 0 Å². The number of benzene rings is 1. The van der Waals surface area contributed by atoms with Gasteiger partial charge in [0.05, 0.1) is 0 Å². The van der Waals surface area contributed by atoms with Crippen LogP contribution >= 0.6 is 11.6 Å². The number of imidazole rings is 1. The van der Waals surface area contributed by atoms with Gasteiger partial charge in [-0.2, -0.15) is 0 Å². The van der Waals surface area contributed by atoms with Crippen molar-refractivity contribution in [3.05, 3.63) is 50.1 Å². The molecular weight excluding hydrogens is 332 g/mol. The van der Waals surface area contributed by atoms with E-state index in [1.807, 2.05) is 19.1 Å². The quantitative estimate of drug-likeness (QED) is 0.595. The molecule has 3 aromatic heterocycles. The van der Waals surface area contributed by atoms with Crippen molar-refractivity contribution in [1.82, 2.24) is 28.7 Å². The van der Waals surface area contributed by atoms with E-state index < -0.39 is 11.2 Å². The van der Waals surface area contributed by atoms with Gasteiger partial charge in [0.2, 0.25) is 5.78 Å². The molecule has 8 nitrogen and oxygen atoms in total. The molecule has 0 saturated heterocycles. The number of hydrogen-bond acceptors (Lipinski definition) is 4. The Morgan fingerprint density at radius 1 is 1.17 bits per heavy atom. The minimum atomic E-state index is -0.488. The lowest BCUT2D eigenvalue weighted by Gasteiger charge is -2.03. The summed E-state index contributed by atoms with van der Waals surface area (Å²) in [5, 5.41) is 9.06. The highest BCUT2D eigenvalue weighted by molar-refractivity contribution is 6.30. The van der Waals surface area contributed by atoms with Gasteiger partial charge in [-0.05, 0) is 31.2 Å². The maximum Gasteiger partial charge on any atom is 0.329 e. The summed E-state index contributed by atoms with van der Waals surface area (Å²) >= 11 is 5.94. The molecule has 0 fully saturated rings. The summed E-state index contributed by atoms with van der Waals surface area (Å²) in [5.41, 5.74) is 0.700. The maximum absolute atomic E-state index is 12.3. The Hall–Kier alpha value is -2.87. The van der Waals surface area contributed by atoms with E-state index in [0.717, 1.165) is 5.56 Å². The van der Waals surface area contributed by atoms with Gasteiger partial charge >= 0.3 is 5.69 Å². The van der Waals surface area contributed by atoms with Crippen LogP contribution in [0.25, 0.3) is 28.3 Å². The van der Waals surface area contributed by atoms with Gasteiger partial charge in [0.15, 0.2) is 17.0 Å². The number of aromatic nitrogens is 6. The molecule has 0 bridgehead atoms. The lowest BCUT2D eigenvalue weighted by Crippen LogP contribution is -2.29. The van der Waals surface area contributed by atoms with Crippen LogP contribution in [0.15, 0.2) is 33.9 Å². The molecule has 24 heavy (non-hydrogen) atoms. The second kappa shape index (κ2) is 5.07. The van der Waals surface area contributed by atoms with Crippen LogP contribution in [0, 0.1) is 0 Å². The number of halogens is 1. The molecule has 0 amide bonds. The number of aryl methyl sites for hydroxylation is 2. The Bertz CT molecular complexity index is 1200. The molecule has 0 aliphatic carbocycles. The largest absolute Gasteiger partial charge is 0.329 e. The second-order valence-corrected chi connectivity index (χ2v) is 5.84. The van der Waals surface area contributed by atoms with E-state index in [1.54, 1.807) is 28.1 Å². The Morgan fingerprint density at radius 2 is 1.88 bits per heavy atom. The normalized spacial score (nSPS) is 11.6. The van der Waals surface area contributed by atoms with Crippen molar-refractivity contribution in [1.29, 1.82) is 0 Å². The Balaban J connectivity index is 2.23. The summed E-state index contributed by atoms with van der Waals surface area (Å²) in [7, 11) is 1.60. The minimum absolute atomic E-state index is 0.389. The van der Waals surface area contributed by atoms with Crippen LogP contribution in [0.1, 0.15) is 6.92 Å². The molecular formula is C15H13ClN6O2. The van der Waals surface area contributed by atoms with Crippen LogP contribution < -0.4 is 11.2 Å². The first kappa shape index (κ1) is 14.7. The Kier molecular flexibility index (Phi) is 3.10. The number of nitrogens with one attached hydrogen (secondary N) is 1. The number of H-pyrrole nitrogens is 1. The van der Waals surface area contributed by atoms with Crippen molar-refractivity contribution in [2.75, 3.05) is 0 Å². The van der Waals surface area contributed by atoms with Gasteiger partial charge in [-0.3, -0.25) is 14.3 Å². The van der Waals surface area contributed by atoms with Crippen molar-refractivity contribution in [3.63, 3.8) is 0 Å². The van der Waals surface area contributed by atoms with E-state index >= 15 is 0 Å². The van der Waals surface area contributed by atoms with Gasteiger partial charge in [0.25, 0.3) is 5.56 Å². The third kappa shape index (κ3) is 1.86. The van der Waals surface area contributed by atoms with Gasteiger partial charge in [0.1, 0.15) is 0 Å². The van der Waals surface area contributed by atoms with Gasteiger partial charge in [-0.1, -0.05) is 11.6 Å². The highest BCUT2D eigenvalue weighted by Crippen LogP contribution is 2.25. The first-order valence-corrected chi connectivity index (χ1v) is 7.73. The van der Waals surface area contributed by atoms with Crippen LogP contribution in [-0.2, 0) is 13.6 Å². The molecule has 1 aromatic carbocycles. The molecule has 4 rings (SSSR count). The van der Waals surface area contributed by atoms with Crippen LogP contribution in [0.5, 0.6) is 0 Å². The average Bonchev–Trinajstić information content (AvgIpc) is 3.11. The fourth-order valence-electron chi connectivity index (χ4n) is 2.93. The number of hydrogen-bond donors (Lipinski definition) is 1. The SMILES string of the molecule is CCn1c2c(=O)[nH]c(=O)n(C)c2n2c(-c3ccc(Cl)cc3)nnc12. The number of fused-ring (bicyclic) bond motifs is 3. The molecule has 122 valence electrons. The number of nitrogens with zero attached hydrogens (tertiary/aromatic N) is 5. The van der Waals surface area contributed by atoms with Crippen molar-refractivity contribution in [2.45, 2.75) is 13.5 Å². The predicted molar refractivity (Wildman–Crippen MR) is 90.5 cm³/mol. The van der Waals surface area contributed by atoms with Crippen LogP contribution in [0.2, 0.25) is 5.02 Å². The van der Waals surface area contributed by atoms with Crippen LogP contribution in [-0.4, -0.2) is 28.7 Å². The van der Waals surface area contributed by atoms with Gasteiger partial charge in [-0.25, -0.2) is 9.20 Å². The summed E-state index contributed by atoms with van der Waals surface area (Å²) in [6, 6.07) is 7.14. The summed E-state index contributed by atoms with van der Waals surface area (Å²) in [6.45, 7) is 2.42. The summed E-state index contributed by atoms with van der Waals surface area (Å²) in [4.78, 5) is 26.7. The fraction of sp³-hybridized carbons (Fsp3) is 0.200. The first-order valence-electron chi connectivity index (χ1n) is 7.35. The number of rotatable bonds is 2. The third-order valence-corrected chi connectivity index (χ3v) is 4.31. The smallest absolute Gasteiger partial charge is 0.303 e. The second-order valence-electron chi connectivity index (χ2n) is 5.40. The molecule has 0 aliphatic heterocycles. The molecule has 0 spiro atoms. The zero-order valence-electron chi connectivity index (χ0n) is 12.9. The zero-order chi connectivity index (χ0) is 17.0. The molecule has 4 aromatic rings. The van der Waals surface area contributed by atoms with E-state index in [0.29, 0.717) is 34.3 Å². The van der Waals surface area contributed by atoms with Crippen LogP contribution in [0.4, 0.5) is 0 Å². The standard InChI is InChI=1S/C15H13ClN6O2/c1-3-21-10-12(23)17-15(24)20(2)13(10)22-11(18-19-14(21)22)8-4-6-9(16)7-5-8/h4-7H,3H2,1-2H3,(H,17,23,24). The highest BCUT2D eigenvalue weighted by atomic mass is 35.5. The van der Waals surface area contributed by atoms with E-state index in [9.17, 15) is 9.59 Å². The van der Waals surface area contributed by atoms with Gasteiger partial charge < -0.3 is 4.57 Å². The highest BCUT2D eigenvalue weighted by Gasteiger charge is 2.21. The topological polar surface area (TPSA) is 90.0 Å². The Labute approximate surface area is 139 Å². The van der Waals surface area contributed by atoms with Gasteiger partial charge in [0, 0.05) is 24.2 Å². The molecule has 0 radical (unpaired) electrons. The molecule has 0 unspecified atom stereocenters.